The fourth-order valence-electron chi connectivity index (χ4n) is 2.24. The van der Waals surface area contributed by atoms with Gasteiger partial charge in [0.05, 0.1) is 11.9 Å². The van der Waals surface area contributed by atoms with E-state index in [4.69, 9.17) is 5.11 Å². The van der Waals surface area contributed by atoms with Crippen LogP contribution in [0, 0.1) is 0 Å². The summed E-state index contributed by atoms with van der Waals surface area (Å²) in [5.41, 5.74) is 0.282. The SMILES string of the molecule is CNC(=O)C1CCCN1C(=O)Nc1ccc(C(=O)O)nc1. The summed E-state index contributed by atoms with van der Waals surface area (Å²) in [5.74, 6) is -1.32. The van der Waals surface area contributed by atoms with Gasteiger partial charge in [-0.2, -0.15) is 0 Å². The number of hydrogen-bond acceptors (Lipinski definition) is 4. The van der Waals surface area contributed by atoms with E-state index in [2.05, 4.69) is 15.6 Å². The van der Waals surface area contributed by atoms with E-state index in [1.807, 2.05) is 0 Å². The minimum Gasteiger partial charge on any atom is -0.477 e. The molecule has 1 unspecified atom stereocenters. The lowest BCUT2D eigenvalue weighted by atomic mass is 10.2. The van der Waals surface area contributed by atoms with Crippen molar-refractivity contribution < 1.29 is 19.5 Å². The molecule has 1 aromatic rings. The predicted molar refractivity (Wildman–Crippen MR) is 74.0 cm³/mol. The number of hydrogen-bond donors (Lipinski definition) is 3. The first kappa shape index (κ1) is 14.8. The van der Waals surface area contributed by atoms with Gasteiger partial charge in [0.2, 0.25) is 5.91 Å². The highest BCUT2D eigenvalue weighted by Crippen LogP contribution is 2.19. The number of carboxylic acid groups (broad SMARTS) is 1. The monoisotopic (exact) mass is 292 g/mol. The van der Waals surface area contributed by atoms with Crippen LogP contribution in [0.3, 0.4) is 0 Å². The molecule has 8 nitrogen and oxygen atoms in total. The molecule has 21 heavy (non-hydrogen) atoms. The summed E-state index contributed by atoms with van der Waals surface area (Å²) in [4.78, 5) is 39.7. The third-order valence-electron chi connectivity index (χ3n) is 3.30. The van der Waals surface area contributed by atoms with Crippen molar-refractivity contribution in [2.24, 2.45) is 0 Å². The van der Waals surface area contributed by atoms with Crippen LogP contribution in [0.2, 0.25) is 0 Å². The molecule has 0 aliphatic carbocycles. The Balaban J connectivity index is 2.03. The average molecular weight is 292 g/mol. The van der Waals surface area contributed by atoms with Crippen LogP contribution in [-0.2, 0) is 4.79 Å². The summed E-state index contributed by atoms with van der Waals surface area (Å²) in [6.45, 7) is 0.505. The molecule has 1 aliphatic heterocycles. The molecule has 2 heterocycles. The van der Waals surface area contributed by atoms with Gasteiger partial charge in [0.1, 0.15) is 11.7 Å². The highest BCUT2D eigenvalue weighted by Gasteiger charge is 2.33. The Hall–Kier alpha value is -2.64. The molecule has 2 rings (SSSR count). The van der Waals surface area contributed by atoms with E-state index < -0.39 is 18.0 Å². The maximum atomic E-state index is 12.2. The molecule has 0 aromatic carbocycles. The van der Waals surface area contributed by atoms with E-state index in [1.165, 1.54) is 30.3 Å². The van der Waals surface area contributed by atoms with E-state index in [1.54, 1.807) is 0 Å². The molecule has 112 valence electrons. The molecule has 3 amide bonds. The van der Waals surface area contributed by atoms with Crippen LogP contribution in [-0.4, -0.2) is 52.5 Å². The third-order valence-corrected chi connectivity index (χ3v) is 3.30. The Labute approximate surface area is 121 Å². The first-order chi connectivity index (χ1) is 10.0. The van der Waals surface area contributed by atoms with Crippen molar-refractivity contribution in [3.63, 3.8) is 0 Å². The summed E-state index contributed by atoms with van der Waals surface area (Å²) < 4.78 is 0. The van der Waals surface area contributed by atoms with Crippen LogP contribution in [0.4, 0.5) is 10.5 Å². The van der Waals surface area contributed by atoms with Crippen LogP contribution in [0.5, 0.6) is 0 Å². The molecular formula is C13H16N4O4. The predicted octanol–water partition coefficient (Wildman–Crippen LogP) is 0.522. The molecule has 0 bridgehead atoms. The zero-order chi connectivity index (χ0) is 15.4. The van der Waals surface area contributed by atoms with E-state index in [-0.39, 0.29) is 11.6 Å². The molecule has 1 aromatic heterocycles. The standard InChI is InChI=1S/C13H16N4O4/c1-14-11(18)10-3-2-6-17(10)13(21)16-8-4-5-9(12(19)20)15-7-8/h4-5,7,10H,2-3,6H2,1H3,(H,14,18)(H,16,21)(H,19,20). The van der Waals surface area contributed by atoms with Gasteiger partial charge in [-0.05, 0) is 25.0 Å². The van der Waals surface area contributed by atoms with E-state index in [9.17, 15) is 14.4 Å². The summed E-state index contributed by atoms with van der Waals surface area (Å²) in [5, 5.41) is 13.9. The number of nitrogens with one attached hydrogen (secondary N) is 2. The van der Waals surface area contributed by atoms with E-state index in [0.717, 1.165) is 6.42 Å². The van der Waals surface area contributed by atoms with Gasteiger partial charge in [-0.15, -0.1) is 0 Å². The second-order valence-corrected chi connectivity index (χ2v) is 4.63. The number of carbonyl (C=O) groups is 3. The lowest BCUT2D eigenvalue weighted by molar-refractivity contribution is -0.124. The molecule has 1 atom stereocenters. The number of rotatable bonds is 3. The van der Waals surface area contributed by atoms with Crippen LogP contribution >= 0.6 is 0 Å². The number of carbonyl (C=O) groups excluding carboxylic acids is 2. The minimum atomic E-state index is -1.13. The van der Waals surface area contributed by atoms with Crippen LogP contribution in [0.1, 0.15) is 23.3 Å². The highest BCUT2D eigenvalue weighted by molar-refractivity contribution is 5.94. The van der Waals surface area contributed by atoms with Crippen molar-refractivity contribution in [3.8, 4) is 0 Å². The molecule has 8 heteroatoms. The van der Waals surface area contributed by atoms with Crippen molar-refractivity contribution in [2.75, 3.05) is 18.9 Å². The Bertz CT molecular complexity index is 558. The molecule has 1 saturated heterocycles. The van der Waals surface area contributed by atoms with Gasteiger partial charge in [-0.1, -0.05) is 0 Å². The largest absolute Gasteiger partial charge is 0.477 e. The Morgan fingerprint density at radius 1 is 1.38 bits per heavy atom. The van der Waals surface area contributed by atoms with Crippen molar-refractivity contribution in [1.29, 1.82) is 0 Å². The van der Waals surface area contributed by atoms with Gasteiger partial charge in [-0.25, -0.2) is 14.6 Å². The van der Waals surface area contributed by atoms with Gasteiger partial charge in [0, 0.05) is 13.6 Å². The molecule has 0 radical (unpaired) electrons. The lowest BCUT2D eigenvalue weighted by Gasteiger charge is -2.23. The van der Waals surface area contributed by atoms with Gasteiger partial charge in [0.15, 0.2) is 0 Å². The first-order valence-corrected chi connectivity index (χ1v) is 6.51. The van der Waals surface area contributed by atoms with E-state index >= 15 is 0 Å². The number of likely N-dealkylation sites (tertiary alicyclic amines) is 1. The molecule has 1 aliphatic rings. The molecule has 3 N–H and O–H groups in total. The Morgan fingerprint density at radius 2 is 2.14 bits per heavy atom. The number of aromatic carboxylic acids is 1. The average Bonchev–Trinajstić information content (AvgIpc) is 2.96. The van der Waals surface area contributed by atoms with Gasteiger partial charge in [0.25, 0.3) is 0 Å². The number of pyridine rings is 1. The molecular weight excluding hydrogens is 276 g/mol. The smallest absolute Gasteiger partial charge is 0.354 e. The number of amides is 3. The molecule has 1 fully saturated rings. The quantitative estimate of drug-likeness (QED) is 0.752. The van der Waals surface area contributed by atoms with Crippen LogP contribution in [0.15, 0.2) is 18.3 Å². The normalized spacial score (nSPS) is 17.4. The number of aromatic nitrogens is 1. The number of nitrogens with zero attached hydrogens (tertiary/aromatic N) is 2. The summed E-state index contributed by atoms with van der Waals surface area (Å²) >= 11 is 0. The number of likely N-dealkylation sites (N-methyl/N-ethyl adjacent to an activating group) is 1. The maximum absolute atomic E-state index is 12.2. The zero-order valence-electron chi connectivity index (χ0n) is 11.5. The molecule has 0 spiro atoms. The lowest BCUT2D eigenvalue weighted by Crippen LogP contribution is -2.46. The first-order valence-electron chi connectivity index (χ1n) is 6.51. The number of urea groups is 1. The topological polar surface area (TPSA) is 112 Å². The maximum Gasteiger partial charge on any atom is 0.354 e. The summed E-state index contributed by atoms with van der Waals surface area (Å²) in [6, 6.07) is 1.89. The summed E-state index contributed by atoms with van der Waals surface area (Å²) in [6.07, 6.45) is 2.66. The highest BCUT2D eigenvalue weighted by atomic mass is 16.4. The second-order valence-electron chi connectivity index (χ2n) is 4.63. The van der Waals surface area contributed by atoms with Crippen molar-refractivity contribution >= 4 is 23.6 Å². The van der Waals surface area contributed by atoms with Crippen molar-refractivity contribution in [3.05, 3.63) is 24.0 Å². The van der Waals surface area contributed by atoms with Crippen molar-refractivity contribution in [2.45, 2.75) is 18.9 Å². The van der Waals surface area contributed by atoms with Gasteiger partial charge >= 0.3 is 12.0 Å². The number of carboxylic acids is 1. The Kier molecular flexibility index (Phi) is 4.36. The fourth-order valence-corrected chi connectivity index (χ4v) is 2.24. The number of anilines is 1. The fraction of sp³-hybridized carbons (Fsp3) is 0.385. The van der Waals surface area contributed by atoms with Crippen molar-refractivity contribution in [1.82, 2.24) is 15.2 Å². The second kappa shape index (κ2) is 6.21. The van der Waals surface area contributed by atoms with Crippen LogP contribution < -0.4 is 10.6 Å². The van der Waals surface area contributed by atoms with Gasteiger partial charge < -0.3 is 20.6 Å². The Morgan fingerprint density at radius 3 is 2.71 bits per heavy atom. The minimum absolute atomic E-state index is 0.0996. The molecule has 0 saturated carbocycles. The summed E-state index contributed by atoms with van der Waals surface area (Å²) in [7, 11) is 1.53. The van der Waals surface area contributed by atoms with Crippen LogP contribution in [0.25, 0.3) is 0 Å². The third kappa shape index (κ3) is 3.28. The van der Waals surface area contributed by atoms with Gasteiger partial charge in [-0.3, -0.25) is 4.79 Å². The van der Waals surface area contributed by atoms with E-state index in [0.29, 0.717) is 18.7 Å². The zero-order valence-corrected chi connectivity index (χ0v) is 11.5.